The molecule has 0 bridgehead atoms. The van der Waals surface area contributed by atoms with E-state index in [0.29, 0.717) is 18.8 Å². The van der Waals surface area contributed by atoms with Gasteiger partial charge < -0.3 is 4.90 Å². The molecule has 0 saturated heterocycles. The number of pyridine rings is 1. The molecule has 0 spiro atoms. The Morgan fingerprint density at radius 3 is 2.72 bits per heavy atom. The first-order valence-corrected chi connectivity index (χ1v) is 8.46. The van der Waals surface area contributed by atoms with Crippen molar-refractivity contribution >= 4 is 5.69 Å². The molecular weight excluding hydrogens is 312 g/mol. The SMILES string of the molecule is Cc1ccc(N2CCc3c(ncn(-c4ccccn4)c3=O)C2)c(C)c1. The zero-order valence-electron chi connectivity index (χ0n) is 14.4. The van der Waals surface area contributed by atoms with Gasteiger partial charge in [0.25, 0.3) is 5.56 Å². The topological polar surface area (TPSA) is 51.0 Å². The molecule has 1 aromatic carbocycles. The number of nitrogens with zero attached hydrogens (tertiary/aromatic N) is 4. The summed E-state index contributed by atoms with van der Waals surface area (Å²) in [4.78, 5) is 23.9. The number of aromatic nitrogens is 3. The van der Waals surface area contributed by atoms with Gasteiger partial charge in [0.1, 0.15) is 12.1 Å². The molecule has 126 valence electrons. The minimum atomic E-state index is -0.0102. The van der Waals surface area contributed by atoms with Crippen LogP contribution in [0.3, 0.4) is 0 Å². The van der Waals surface area contributed by atoms with Crippen molar-refractivity contribution in [3.8, 4) is 5.82 Å². The molecule has 0 N–H and O–H groups in total. The van der Waals surface area contributed by atoms with Crippen LogP contribution in [0.5, 0.6) is 0 Å². The summed E-state index contributed by atoms with van der Waals surface area (Å²) in [5, 5.41) is 0. The van der Waals surface area contributed by atoms with Crippen molar-refractivity contribution in [2.45, 2.75) is 26.8 Å². The standard InChI is InChI=1S/C20H20N4O/c1-14-6-7-18(15(2)11-14)23-10-8-16-17(12-23)22-13-24(20(16)25)19-5-3-4-9-21-19/h3-7,9,11,13H,8,10,12H2,1-2H3. The fourth-order valence-electron chi connectivity index (χ4n) is 3.45. The van der Waals surface area contributed by atoms with Gasteiger partial charge >= 0.3 is 0 Å². The zero-order valence-corrected chi connectivity index (χ0v) is 14.4. The van der Waals surface area contributed by atoms with E-state index in [-0.39, 0.29) is 5.56 Å². The first-order chi connectivity index (χ1) is 12.1. The van der Waals surface area contributed by atoms with Crippen molar-refractivity contribution in [3.63, 3.8) is 0 Å². The zero-order chi connectivity index (χ0) is 17.4. The molecule has 0 atom stereocenters. The third-order valence-electron chi connectivity index (χ3n) is 4.72. The Hall–Kier alpha value is -2.95. The van der Waals surface area contributed by atoms with Gasteiger partial charge in [-0.25, -0.2) is 9.97 Å². The Morgan fingerprint density at radius 2 is 1.96 bits per heavy atom. The summed E-state index contributed by atoms with van der Waals surface area (Å²) in [6.45, 7) is 5.71. The third kappa shape index (κ3) is 2.82. The second-order valence-corrected chi connectivity index (χ2v) is 6.49. The summed E-state index contributed by atoms with van der Waals surface area (Å²) in [7, 11) is 0. The van der Waals surface area contributed by atoms with Crippen LogP contribution in [0.4, 0.5) is 5.69 Å². The van der Waals surface area contributed by atoms with Crippen LogP contribution >= 0.6 is 0 Å². The smallest absolute Gasteiger partial charge is 0.262 e. The molecule has 3 aromatic rings. The third-order valence-corrected chi connectivity index (χ3v) is 4.72. The first kappa shape index (κ1) is 15.6. The van der Waals surface area contributed by atoms with E-state index in [4.69, 9.17) is 0 Å². The van der Waals surface area contributed by atoms with Gasteiger partial charge in [0, 0.05) is 24.0 Å². The van der Waals surface area contributed by atoms with E-state index in [1.807, 2.05) is 18.2 Å². The lowest BCUT2D eigenvalue weighted by atomic mass is 10.0. The molecule has 1 aliphatic rings. The van der Waals surface area contributed by atoms with Crippen molar-refractivity contribution in [3.05, 3.63) is 81.7 Å². The molecule has 0 fully saturated rings. The van der Waals surface area contributed by atoms with Crippen LogP contribution in [0.15, 0.2) is 53.7 Å². The van der Waals surface area contributed by atoms with Crippen LogP contribution in [0.1, 0.15) is 22.4 Å². The van der Waals surface area contributed by atoms with Crippen LogP contribution in [0.25, 0.3) is 5.82 Å². The van der Waals surface area contributed by atoms with Crippen LogP contribution < -0.4 is 10.5 Å². The van der Waals surface area contributed by atoms with E-state index in [1.165, 1.54) is 21.4 Å². The Kier molecular flexibility index (Phi) is 3.84. The maximum atomic E-state index is 12.8. The normalized spacial score (nSPS) is 13.6. The number of hydrogen-bond acceptors (Lipinski definition) is 4. The number of aryl methyl sites for hydroxylation is 2. The Morgan fingerprint density at radius 1 is 1.08 bits per heavy atom. The molecule has 0 saturated carbocycles. The fraction of sp³-hybridized carbons (Fsp3) is 0.250. The molecule has 0 aliphatic carbocycles. The van der Waals surface area contributed by atoms with Crippen molar-refractivity contribution in [1.29, 1.82) is 0 Å². The van der Waals surface area contributed by atoms with Gasteiger partial charge in [0.05, 0.1) is 12.2 Å². The minimum Gasteiger partial charge on any atom is -0.365 e. The van der Waals surface area contributed by atoms with Crippen LogP contribution in [0, 0.1) is 13.8 Å². The summed E-state index contributed by atoms with van der Waals surface area (Å²) in [6.07, 6.45) is 3.97. The number of rotatable bonds is 2. The Bertz CT molecular complexity index is 979. The molecule has 2 aromatic heterocycles. The quantitative estimate of drug-likeness (QED) is 0.724. The molecule has 1 aliphatic heterocycles. The highest BCUT2D eigenvalue weighted by Crippen LogP contribution is 2.26. The molecule has 5 nitrogen and oxygen atoms in total. The van der Waals surface area contributed by atoms with E-state index >= 15 is 0 Å². The fourth-order valence-corrected chi connectivity index (χ4v) is 3.45. The van der Waals surface area contributed by atoms with Gasteiger partial charge in [-0.1, -0.05) is 23.8 Å². The molecule has 3 heterocycles. The molecule has 0 amide bonds. The summed E-state index contributed by atoms with van der Waals surface area (Å²) < 4.78 is 1.53. The molecule has 0 unspecified atom stereocenters. The Labute approximate surface area is 146 Å². The second-order valence-electron chi connectivity index (χ2n) is 6.49. The van der Waals surface area contributed by atoms with Crippen molar-refractivity contribution in [2.75, 3.05) is 11.4 Å². The molecule has 4 rings (SSSR count). The summed E-state index contributed by atoms with van der Waals surface area (Å²) in [5.41, 5.74) is 5.38. The monoisotopic (exact) mass is 332 g/mol. The van der Waals surface area contributed by atoms with Crippen LogP contribution in [0.2, 0.25) is 0 Å². The van der Waals surface area contributed by atoms with E-state index in [2.05, 4.69) is 46.9 Å². The highest BCUT2D eigenvalue weighted by molar-refractivity contribution is 5.55. The lowest BCUT2D eigenvalue weighted by molar-refractivity contribution is 0.681. The second kappa shape index (κ2) is 6.16. The molecule has 0 radical (unpaired) electrons. The highest BCUT2D eigenvalue weighted by atomic mass is 16.1. The molecular formula is C20H20N4O. The Balaban J connectivity index is 1.69. The van der Waals surface area contributed by atoms with Gasteiger partial charge in [-0.15, -0.1) is 0 Å². The van der Waals surface area contributed by atoms with Gasteiger partial charge in [-0.3, -0.25) is 9.36 Å². The summed E-state index contributed by atoms with van der Waals surface area (Å²) >= 11 is 0. The number of fused-ring (bicyclic) bond motifs is 1. The molecule has 25 heavy (non-hydrogen) atoms. The van der Waals surface area contributed by atoms with Crippen LogP contribution in [-0.4, -0.2) is 21.1 Å². The van der Waals surface area contributed by atoms with Gasteiger partial charge in [-0.2, -0.15) is 0 Å². The first-order valence-electron chi connectivity index (χ1n) is 8.46. The van der Waals surface area contributed by atoms with Gasteiger partial charge in [-0.05, 0) is 44.0 Å². The van der Waals surface area contributed by atoms with Crippen LogP contribution in [-0.2, 0) is 13.0 Å². The number of anilines is 1. The summed E-state index contributed by atoms with van der Waals surface area (Å²) in [5.74, 6) is 0.611. The average Bonchev–Trinajstić information content (AvgIpc) is 2.62. The predicted molar refractivity (Wildman–Crippen MR) is 98.3 cm³/mol. The maximum Gasteiger partial charge on any atom is 0.262 e. The van der Waals surface area contributed by atoms with E-state index in [0.717, 1.165) is 17.8 Å². The lowest BCUT2D eigenvalue weighted by Crippen LogP contribution is -2.37. The van der Waals surface area contributed by atoms with E-state index in [1.54, 1.807) is 12.5 Å². The van der Waals surface area contributed by atoms with E-state index < -0.39 is 0 Å². The van der Waals surface area contributed by atoms with Gasteiger partial charge in [0.2, 0.25) is 0 Å². The lowest BCUT2D eigenvalue weighted by Gasteiger charge is -2.31. The average molecular weight is 332 g/mol. The van der Waals surface area contributed by atoms with E-state index in [9.17, 15) is 4.79 Å². The maximum absolute atomic E-state index is 12.8. The number of hydrogen-bond donors (Lipinski definition) is 0. The van der Waals surface area contributed by atoms with Crippen molar-refractivity contribution in [2.24, 2.45) is 0 Å². The number of benzene rings is 1. The predicted octanol–water partition coefficient (Wildman–Crippen LogP) is 2.81. The van der Waals surface area contributed by atoms with Gasteiger partial charge in [0.15, 0.2) is 0 Å². The largest absolute Gasteiger partial charge is 0.365 e. The van der Waals surface area contributed by atoms with Crippen molar-refractivity contribution < 1.29 is 0 Å². The highest BCUT2D eigenvalue weighted by Gasteiger charge is 2.22. The molecule has 5 heteroatoms. The van der Waals surface area contributed by atoms with Crippen molar-refractivity contribution in [1.82, 2.24) is 14.5 Å². The minimum absolute atomic E-state index is 0.0102. The summed E-state index contributed by atoms with van der Waals surface area (Å²) in [6, 6.07) is 12.0.